The third kappa shape index (κ3) is 4.07. The van der Waals surface area contributed by atoms with Crippen molar-refractivity contribution in [3.05, 3.63) is 28.9 Å². The molecule has 1 amide bonds. The topological polar surface area (TPSA) is 124 Å². The van der Waals surface area contributed by atoms with Crippen LogP contribution in [0.5, 0.6) is 5.75 Å². The minimum Gasteiger partial charge on any atom is -0.489 e. The number of benzene rings is 1. The van der Waals surface area contributed by atoms with Crippen molar-refractivity contribution in [1.82, 2.24) is 24.4 Å². The molecule has 6 heterocycles. The van der Waals surface area contributed by atoms with Crippen LogP contribution in [0.1, 0.15) is 37.4 Å². The van der Waals surface area contributed by atoms with Gasteiger partial charge in [0, 0.05) is 24.6 Å². The summed E-state index contributed by atoms with van der Waals surface area (Å²) in [6.45, 7) is 1.87. The minimum absolute atomic E-state index is 0.0510. The number of fused-ring (bicyclic) bond motifs is 2. The van der Waals surface area contributed by atoms with E-state index in [9.17, 15) is 9.90 Å². The second kappa shape index (κ2) is 9.46. The highest BCUT2D eigenvalue weighted by atomic mass is 35.5. The summed E-state index contributed by atoms with van der Waals surface area (Å²) >= 11 is 6.55. The van der Waals surface area contributed by atoms with Gasteiger partial charge in [0.05, 0.1) is 48.8 Å². The van der Waals surface area contributed by atoms with Crippen LogP contribution >= 0.6 is 11.6 Å². The van der Waals surface area contributed by atoms with E-state index in [1.165, 1.54) is 19.4 Å². The van der Waals surface area contributed by atoms with E-state index in [2.05, 4.69) is 20.3 Å². The van der Waals surface area contributed by atoms with E-state index in [0.717, 1.165) is 18.7 Å². The molecule has 3 fully saturated rings. The number of anilines is 1. The maximum atomic E-state index is 15.6. The first-order chi connectivity index (χ1) is 18.9. The molecule has 0 saturated carbocycles. The second-order valence-electron chi connectivity index (χ2n) is 10.5. The largest absolute Gasteiger partial charge is 0.489 e. The number of rotatable bonds is 4. The first-order valence-electron chi connectivity index (χ1n) is 13.2. The van der Waals surface area contributed by atoms with Crippen LogP contribution in [-0.4, -0.2) is 86.8 Å². The Morgan fingerprint density at radius 3 is 3.00 bits per heavy atom. The fourth-order valence-electron chi connectivity index (χ4n) is 6.40. The third-order valence-corrected chi connectivity index (χ3v) is 8.54. The lowest BCUT2D eigenvalue weighted by atomic mass is 10.0. The van der Waals surface area contributed by atoms with E-state index in [-0.39, 0.29) is 46.7 Å². The van der Waals surface area contributed by atoms with Crippen LogP contribution in [0, 0.1) is 5.82 Å². The molecule has 5 atom stereocenters. The van der Waals surface area contributed by atoms with Gasteiger partial charge in [0.15, 0.2) is 11.6 Å². The van der Waals surface area contributed by atoms with Gasteiger partial charge in [-0.05, 0) is 31.7 Å². The molecule has 0 spiro atoms. The number of nitrogens with one attached hydrogen (secondary N) is 1. The van der Waals surface area contributed by atoms with Gasteiger partial charge in [0.1, 0.15) is 29.6 Å². The standard InChI is InChI=1S/C26H28ClFN6O5/c1-37-26(36)33-5-4-12(11-33)24-31-20-16(28)9-14(23-21(20)34(24)6-7-38-23)19-15(27)10-29-25(32-19)30-17-8-13-2-3-18(39-13)22(17)35/h9-10,12-13,17-18,22,35H,2-8,11H2,1H3,(H,29,30,32)/t12-,13-,17-,18+,22+/m1/s1. The van der Waals surface area contributed by atoms with Crippen LogP contribution in [0.2, 0.25) is 5.02 Å². The normalized spacial score (nSPS) is 27.6. The highest BCUT2D eigenvalue weighted by molar-refractivity contribution is 6.33. The quantitative estimate of drug-likeness (QED) is 0.496. The van der Waals surface area contributed by atoms with Gasteiger partial charge in [-0.15, -0.1) is 0 Å². The van der Waals surface area contributed by atoms with Gasteiger partial charge in [-0.3, -0.25) is 0 Å². The summed E-state index contributed by atoms with van der Waals surface area (Å²) in [5.74, 6) is 0.889. The van der Waals surface area contributed by atoms with Crippen LogP contribution in [0.3, 0.4) is 0 Å². The van der Waals surface area contributed by atoms with E-state index in [1.54, 1.807) is 4.90 Å². The number of aromatic nitrogens is 4. The van der Waals surface area contributed by atoms with Crippen molar-refractivity contribution in [2.24, 2.45) is 0 Å². The zero-order chi connectivity index (χ0) is 26.8. The molecule has 206 valence electrons. The molecule has 11 nitrogen and oxygen atoms in total. The number of methoxy groups -OCH3 is 1. The Morgan fingerprint density at radius 1 is 1.28 bits per heavy atom. The second-order valence-corrected chi connectivity index (χ2v) is 11.0. The predicted octanol–water partition coefficient (Wildman–Crippen LogP) is 3.33. The van der Waals surface area contributed by atoms with E-state index in [4.69, 9.17) is 25.8 Å². The van der Waals surface area contributed by atoms with Crippen molar-refractivity contribution in [1.29, 1.82) is 0 Å². The Kier molecular flexibility index (Phi) is 6.01. The molecule has 4 aliphatic heterocycles. The average molecular weight is 559 g/mol. The van der Waals surface area contributed by atoms with Crippen LogP contribution in [0.15, 0.2) is 12.3 Å². The van der Waals surface area contributed by atoms with Crippen LogP contribution in [-0.2, 0) is 16.0 Å². The van der Waals surface area contributed by atoms with E-state index >= 15 is 4.39 Å². The van der Waals surface area contributed by atoms with Crippen LogP contribution in [0.25, 0.3) is 22.3 Å². The SMILES string of the molecule is COC(=O)N1CC[C@@H](c2nc3c(F)cc(-c4nc(N[C@@H]5C[C@H]6CC[C@H](O6)[C@H]5O)ncc4Cl)c4c3n2CCO4)C1. The molecule has 0 unspecified atom stereocenters. The number of halogens is 2. The van der Waals surface area contributed by atoms with Gasteiger partial charge in [-0.1, -0.05) is 11.6 Å². The smallest absolute Gasteiger partial charge is 0.409 e. The minimum atomic E-state index is -0.678. The Bertz CT molecular complexity index is 1470. The highest BCUT2D eigenvalue weighted by Crippen LogP contribution is 2.44. The van der Waals surface area contributed by atoms with Crippen molar-refractivity contribution in [2.45, 2.75) is 62.5 Å². The zero-order valence-electron chi connectivity index (χ0n) is 21.3. The van der Waals surface area contributed by atoms with Gasteiger partial charge in [0.25, 0.3) is 0 Å². The molecule has 2 aromatic heterocycles. The first kappa shape index (κ1) is 24.8. The van der Waals surface area contributed by atoms with Crippen molar-refractivity contribution in [3.63, 3.8) is 0 Å². The maximum absolute atomic E-state index is 15.6. The zero-order valence-corrected chi connectivity index (χ0v) is 22.0. The molecule has 39 heavy (non-hydrogen) atoms. The molecule has 0 aliphatic carbocycles. The number of aliphatic hydroxyl groups excluding tert-OH is 1. The first-order valence-corrected chi connectivity index (χ1v) is 13.6. The molecule has 2 N–H and O–H groups in total. The molecule has 0 radical (unpaired) electrons. The number of hydrogen-bond donors (Lipinski definition) is 2. The number of nitrogens with zero attached hydrogens (tertiary/aromatic N) is 5. The van der Waals surface area contributed by atoms with Crippen LogP contribution < -0.4 is 10.1 Å². The molecule has 1 aromatic carbocycles. The maximum Gasteiger partial charge on any atom is 0.409 e. The van der Waals surface area contributed by atoms with Crippen molar-refractivity contribution < 1.29 is 28.5 Å². The third-order valence-electron chi connectivity index (χ3n) is 8.27. The van der Waals surface area contributed by atoms with Crippen molar-refractivity contribution >= 4 is 34.7 Å². The Balaban J connectivity index is 1.26. The number of imidazole rings is 1. The summed E-state index contributed by atoms with van der Waals surface area (Å²) in [5.41, 5.74) is 1.48. The highest BCUT2D eigenvalue weighted by Gasteiger charge is 2.42. The summed E-state index contributed by atoms with van der Waals surface area (Å²) < 4.78 is 34.3. The van der Waals surface area contributed by atoms with Gasteiger partial charge in [-0.25, -0.2) is 24.1 Å². The molecule has 2 bridgehead atoms. The number of carbonyl (C=O) groups is 1. The molecule has 3 saturated heterocycles. The molecule has 13 heteroatoms. The van der Waals surface area contributed by atoms with E-state index in [0.29, 0.717) is 61.6 Å². The summed E-state index contributed by atoms with van der Waals surface area (Å²) in [6.07, 6.45) is 3.41. The monoisotopic (exact) mass is 558 g/mol. The number of ether oxygens (including phenoxy) is 3. The molecular formula is C26H28ClFN6O5. The molecule has 4 aliphatic rings. The summed E-state index contributed by atoms with van der Waals surface area (Å²) in [7, 11) is 1.36. The summed E-state index contributed by atoms with van der Waals surface area (Å²) in [5, 5.41) is 14.2. The van der Waals surface area contributed by atoms with Crippen LogP contribution in [0.4, 0.5) is 15.1 Å². The number of hydrogen-bond acceptors (Lipinski definition) is 9. The fourth-order valence-corrected chi connectivity index (χ4v) is 6.59. The molecule has 3 aromatic rings. The number of carbonyl (C=O) groups excluding carboxylic acids is 1. The fraction of sp³-hybridized carbons (Fsp3) is 0.538. The van der Waals surface area contributed by atoms with Crippen molar-refractivity contribution in [2.75, 3.05) is 32.1 Å². The van der Waals surface area contributed by atoms with E-state index in [1.807, 2.05) is 4.57 Å². The van der Waals surface area contributed by atoms with Gasteiger partial charge in [0.2, 0.25) is 5.95 Å². The lowest BCUT2D eigenvalue weighted by Crippen LogP contribution is -2.47. The number of likely N-dealkylation sites (tertiary alicyclic amines) is 1. The summed E-state index contributed by atoms with van der Waals surface area (Å²) in [4.78, 5) is 27.3. The van der Waals surface area contributed by atoms with Crippen molar-refractivity contribution in [3.8, 4) is 17.0 Å². The van der Waals surface area contributed by atoms with Gasteiger partial charge >= 0.3 is 6.09 Å². The predicted molar refractivity (Wildman–Crippen MR) is 138 cm³/mol. The number of amides is 1. The number of aliphatic hydroxyl groups is 1. The Morgan fingerprint density at radius 2 is 2.15 bits per heavy atom. The lowest BCUT2D eigenvalue weighted by Gasteiger charge is -2.34. The van der Waals surface area contributed by atoms with Gasteiger partial charge in [-0.2, -0.15) is 0 Å². The average Bonchev–Trinajstić information content (AvgIpc) is 3.68. The Labute approximate surface area is 228 Å². The molecule has 7 rings (SSSR count). The lowest BCUT2D eigenvalue weighted by molar-refractivity contribution is -0.0811. The van der Waals surface area contributed by atoms with E-state index < -0.39 is 11.9 Å². The van der Waals surface area contributed by atoms with Gasteiger partial charge < -0.3 is 34.1 Å². The molecular weight excluding hydrogens is 531 g/mol. The Hall–Kier alpha value is -3.22. The summed E-state index contributed by atoms with van der Waals surface area (Å²) in [6, 6.07) is 1.08.